The molecule has 0 spiro atoms. The van der Waals surface area contributed by atoms with Crippen LogP contribution in [0.4, 0.5) is 5.69 Å². The molecule has 0 amide bonds. The Morgan fingerprint density at radius 3 is 2.50 bits per heavy atom. The first-order valence-electron chi connectivity index (χ1n) is 6.49. The van der Waals surface area contributed by atoms with Crippen LogP contribution in [-0.4, -0.2) is 32.1 Å². The second-order valence-electron chi connectivity index (χ2n) is 4.74. The molecule has 1 aromatic carbocycles. The van der Waals surface area contributed by atoms with Crippen LogP contribution in [0.25, 0.3) is 0 Å². The second kappa shape index (κ2) is 7.22. The minimum atomic E-state index is 0.409. The number of hydrogen-bond acceptors (Lipinski definition) is 4. The molecule has 20 heavy (non-hydrogen) atoms. The molecule has 0 atom stereocenters. The zero-order valence-corrected chi connectivity index (χ0v) is 12.5. The summed E-state index contributed by atoms with van der Waals surface area (Å²) in [6, 6.07) is 11.5. The van der Waals surface area contributed by atoms with Crippen molar-refractivity contribution in [2.24, 2.45) is 0 Å². The summed E-state index contributed by atoms with van der Waals surface area (Å²) < 4.78 is 10.9. The van der Waals surface area contributed by atoms with E-state index in [0.29, 0.717) is 18.4 Å². The van der Waals surface area contributed by atoms with E-state index in [-0.39, 0.29) is 0 Å². The lowest BCUT2D eigenvalue weighted by Crippen LogP contribution is -2.19. The van der Waals surface area contributed by atoms with E-state index < -0.39 is 0 Å². The minimum absolute atomic E-state index is 0.409. The molecule has 0 aliphatic carbocycles. The number of anilines is 1. The van der Waals surface area contributed by atoms with E-state index in [0.717, 1.165) is 23.7 Å². The summed E-state index contributed by atoms with van der Waals surface area (Å²) in [6.07, 6.45) is 0. The third-order valence-electron chi connectivity index (χ3n) is 2.76. The number of halogens is 1. The molecule has 0 radical (unpaired) electrons. The number of nitrogens with zero attached hydrogens (tertiary/aromatic N) is 1. The fraction of sp³-hybridized carbons (Fsp3) is 0.333. The van der Waals surface area contributed by atoms with Crippen molar-refractivity contribution in [3.8, 4) is 5.75 Å². The summed E-state index contributed by atoms with van der Waals surface area (Å²) in [4.78, 5) is 2.09. The molecule has 0 fully saturated rings. The van der Waals surface area contributed by atoms with E-state index in [4.69, 9.17) is 20.8 Å². The Bertz CT molecular complexity index is 523. The van der Waals surface area contributed by atoms with Crippen molar-refractivity contribution in [1.82, 2.24) is 4.90 Å². The smallest absolute Gasteiger partial charge is 0.193 e. The lowest BCUT2D eigenvalue weighted by molar-refractivity contribution is 0.261. The van der Waals surface area contributed by atoms with Gasteiger partial charge in [-0.15, -0.1) is 0 Å². The quantitative estimate of drug-likeness (QED) is 0.848. The summed E-state index contributed by atoms with van der Waals surface area (Å²) in [7, 11) is 4.05. The Balaban J connectivity index is 1.79. The topological polar surface area (TPSA) is 37.6 Å². The molecule has 0 saturated carbocycles. The number of hydrogen-bond donors (Lipinski definition) is 1. The average molecular weight is 295 g/mol. The molecule has 108 valence electrons. The number of likely N-dealkylation sites (N-methyl/N-ethyl adjacent to an activating group) is 1. The lowest BCUT2D eigenvalue weighted by atomic mass is 10.3. The van der Waals surface area contributed by atoms with E-state index in [1.807, 2.05) is 44.4 Å². The zero-order valence-electron chi connectivity index (χ0n) is 11.7. The molecule has 2 aromatic rings. The average Bonchev–Trinajstić information content (AvgIpc) is 2.83. The summed E-state index contributed by atoms with van der Waals surface area (Å²) in [5, 5.41) is 3.67. The van der Waals surface area contributed by atoms with Crippen molar-refractivity contribution < 1.29 is 9.15 Å². The van der Waals surface area contributed by atoms with Crippen molar-refractivity contribution in [3.05, 3.63) is 47.4 Å². The molecule has 1 aromatic heterocycles. The number of furan rings is 1. The van der Waals surface area contributed by atoms with Crippen LogP contribution in [0.5, 0.6) is 5.75 Å². The van der Waals surface area contributed by atoms with Crippen molar-refractivity contribution in [1.29, 1.82) is 0 Å². The van der Waals surface area contributed by atoms with Crippen LogP contribution in [0.15, 0.2) is 40.8 Å². The van der Waals surface area contributed by atoms with Crippen LogP contribution in [0.2, 0.25) is 5.22 Å². The van der Waals surface area contributed by atoms with Crippen LogP contribution in [0.3, 0.4) is 0 Å². The van der Waals surface area contributed by atoms with Gasteiger partial charge in [-0.3, -0.25) is 0 Å². The van der Waals surface area contributed by atoms with Gasteiger partial charge < -0.3 is 19.4 Å². The predicted molar refractivity (Wildman–Crippen MR) is 81.5 cm³/mol. The van der Waals surface area contributed by atoms with Crippen molar-refractivity contribution >= 4 is 17.3 Å². The molecule has 0 saturated heterocycles. The van der Waals surface area contributed by atoms with Gasteiger partial charge >= 0.3 is 0 Å². The van der Waals surface area contributed by atoms with Crippen molar-refractivity contribution in [3.63, 3.8) is 0 Å². The maximum Gasteiger partial charge on any atom is 0.193 e. The first kappa shape index (κ1) is 14.8. The largest absolute Gasteiger partial charge is 0.492 e. The molecular weight excluding hydrogens is 276 g/mol. The normalized spacial score (nSPS) is 10.8. The summed E-state index contributed by atoms with van der Waals surface area (Å²) in [6.45, 7) is 2.19. The van der Waals surface area contributed by atoms with Crippen molar-refractivity contribution in [2.45, 2.75) is 6.54 Å². The number of rotatable bonds is 7. The summed E-state index contributed by atoms with van der Waals surface area (Å²) >= 11 is 5.72. The molecule has 0 unspecified atom stereocenters. The molecule has 0 bridgehead atoms. The fourth-order valence-electron chi connectivity index (χ4n) is 1.65. The van der Waals surface area contributed by atoms with Gasteiger partial charge in [-0.2, -0.15) is 0 Å². The third kappa shape index (κ3) is 4.79. The standard InChI is InChI=1S/C15H19ClN2O2/c1-18(2)9-10-19-13-5-3-12(4-6-13)17-11-14-7-8-15(16)20-14/h3-8,17H,9-11H2,1-2H3. The number of benzene rings is 1. The van der Waals surface area contributed by atoms with Crippen LogP contribution < -0.4 is 10.1 Å². The molecule has 1 N–H and O–H groups in total. The third-order valence-corrected chi connectivity index (χ3v) is 2.96. The molecule has 2 rings (SSSR count). The Hall–Kier alpha value is -1.65. The van der Waals surface area contributed by atoms with E-state index in [1.54, 1.807) is 6.07 Å². The van der Waals surface area contributed by atoms with Gasteiger partial charge in [-0.05, 0) is 62.1 Å². The van der Waals surface area contributed by atoms with Crippen molar-refractivity contribution in [2.75, 3.05) is 32.6 Å². The molecular formula is C15H19ClN2O2. The fourth-order valence-corrected chi connectivity index (χ4v) is 1.81. The summed E-state index contributed by atoms with van der Waals surface area (Å²) in [5.41, 5.74) is 1.01. The van der Waals surface area contributed by atoms with Gasteiger partial charge in [-0.1, -0.05) is 0 Å². The van der Waals surface area contributed by atoms with Crippen LogP contribution in [-0.2, 0) is 6.54 Å². The number of nitrogens with one attached hydrogen (secondary N) is 1. The van der Waals surface area contributed by atoms with Crippen LogP contribution >= 0.6 is 11.6 Å². The molecule has 4 nitrogen and oxygen atoms in total. The van der Waals surface area contributed by atoms with Gasteiger partial charge in [0.15, 0.2) is 5.22 Å². The SMILES string of the molecule is CN(C)CCOc1ccc(NCc2ccc(Cl)o2)cc1. The van der Waals surface area contributed by atoms with Gasteiger partial charge in [0.2, 0.25) is 0 Å². The molecule has 0 aliphatic rings. The first-order valence-corrected chi connectivity index (χ1v) is 6.87. The molecule has 1 heterocycles. The summed E-state index contributed by atoms with van der Waals surface area (Å²) in [5.74, 6) is 1.68. The van der Waals surface area contributed by atoms with Crippen LogP contribution in [0, 0.1) is 0 Å². The van der Waals surface area contributed by atoms with E-state index >= 15 is 0 Å². The van der Waals surface area contributed by atoms with E-state index in [9.17, 15) is 0 Å². The second-order valence-corrected chi connectivity index (χ2v) is 5.11. The van der Waals surface area contributed by atoms with E-state index in [2.05, 4.69) is 10.2 Å². The predicted octanol–water partition coefficient (Wildman–Crippen LogP) is 3.49. The Morgan fingerprint density at radius 1 is 1.15 bits per heavy atom. The monoisotopic (exact) mass is 294 g/mol. The maximum absolute atomic E-state index is 5.72. The van der Waals surface area contributed by atoms with Crippen LogP contribution in [0.1, 0.15) is 5.76 Å². The zero-order chi connectivity index (χ0) is 14.4. The van der Waals surface area contributed by atoms with Gasteiger partial charge in [0.05, 0.1) is 6.54 Å². The van der Waals surface area contributed by atoms with E-state index in [1.165, 1.54) is 0 Å². The van der Waals surface area contributed by atoms with Gasteiger partial charge in [-0.25, -0.2) is 0 Å². The Morgan fingerprint density at radius 2 is 1.90 bits per heavy atom. The van der Waals surface area contributed by atoms with Gasteiger partial charge in [0, 0.05) is 12.2 Å². The Kier molecular flexibility index (Phi) is 5.32. The number of ether oxygens (including phenoxy) is 1. The lowest BCUT2D eigenvalue weighted by Gasteiger charge is -2.11. The van der Waals surface area contributed by atoms with Gasteiger partial charge in [0.1, 0.15) is 18.1 Å². The first-order chi connectivity index (χ1) is 9.63. The Labute approximate surface area is 124 Å². The minimum Gasteiger partial charge on any atom is -0.492 e. The molecule has 0 aliphatic heterocycles. The highest BCUT2D eigenvalue weighted by Gasteiger charge is 2.00. The molecule has 5 heteroatoms. The maximum atomic E-state index is 5.72. The highest BCUT2D eigenvalue weighted by Crippen LogP contribution is 2.18. The highest BCUT2D eigenvalue weighted by atomic mass is 35.5. The highest BCUT2D eigenvalue weighted by molar-refractivity contribution is 6.28. The van der Waals surface area contributed by atoms with Gasteiger partial charge in [0.25, 0.3) is 0 Å².